The molecule has 0 rings (SSSR count). The third-order valence-electron chi connectivity index (χ3n) is 5.88. The van der Waals surface area contributed by atoms with Gasteiger partial charge in [-0.25, -0.2) is 0 Å². The van der Waals surface area contributed by atoms with Gasteiger partial charge in [0, 0.05) is 19.0 Å². The van der Waals surface area contributed by atoms with Gasteiger partial charge in [-0.3, -0.25) is 0 Å². The molecule has 1 unspecified atom stereocenters. The Morgan fingerprint density at radius 1 is 0.765 bits per heavy atom. The van der Waals surface area contributed by atoms with Gasteiger partial charge in [-0.05, 0) is 24.7 Å². The monoisotopic (exact) mass is 590 g/mol. The van der Waals surface area contributed by atoms with Gasteiger partial charge in [-0.15, -0.1) is 0 Å². The van der Waals surface area contributed by atoms with Crippen molar-refractivity contribution in [3.05, 3.63) is 0 Å². The Balaban J connectivity index is 0. The molecule has 0 fully saturated rings. The van der Waals surface area contributed by atoms with Gasteiger partial charge in [0.05, 0.1) is 5.97 Å². The van der Waals surface area contributed by atoms with Crippen LogP contribution in [0, 0.1) is 11.8 Å². The zero-order valence-corrected chi connectivity index (χ0v) is 26.1. The number of unbranched alkanes of at least 4 members (excludes halogenated alkanes) is 6. The molecule has 34 heavy (non-hydrogen) atoms. The van der Waals surface area contributed by atoms with Gasteiger partial charge >= 0.3 is 69.5 Å². The average molecular weight is 589 g/mol. The molecule has 0 bridgehead atoms. The quantitative estimate of drug-likeness (QED) is 0.122. The Morgan fingerprint density at radius 3 is 1.68 bits per heavy atom. The van der Waals surface area contributed by atoms with E-state index in [9.17, 15) is 19.8 Å². The number of hydrogen-bond acceptors (Lipinski definition) is 5. The zero-order valence-electron chi connectivity index (χ0n) is 23.2. The molecule has 0 radical (unpaired) electrons. The summed E-state index contributed by atoms with van der Waals surface area (Å²) in [7, 11) is 0. The number of carbonyl (C=O) groups is 2. The molecule has 0 saturated carbocycles. The van der Waals surface area contributed by atoms with Gasteiger partial charge in [0.15, 0.2) is 0 Å². The second-order valence-electron chi connectivity index (χ2n) is 10.4. The summed E-state index contributed by atoms with van der Waals surface area (Å²) in [6.45, 7) is 13.4. The molecule has 0 spiro atoms. The van der Waals surface area contributed by atoms with Crippen molar-refractivity contribution in [1.29, 1.82) is 0 Å². The summed E-state index contributed by atoms with van der Waals surface area (Å²) in [5.74, 6) is -1.60. The third-order valence-corrected chi connectivity index (χ3v) is 9.92. The summed E-state index contributed by atoms with van der Waals surface area (Å²) in [5.41, 5.74) is -1.76. The van der Waals surface area contributed by atoms with Crippen LogP contribution in [0.4, 0.5) is 0 Å². The first-order chi connectivity index (χ1) is 16.1. The molecule has 0 aliphatic rings. The summed E-state index contributed by atoms with van der Waals surface area (Å²) >= 11 is 0.149. The first-order valence-corrected chi connectivity index (χ1v) is 17.9. The van der Waals surface area contributed by atoms with Crippen molar-refractivity contribution in [1.82, 2.24) is 0 Å². The van der Waals surface area contributed by atoms with Crippen molar-refractivity contribution in [2.75, 3.05) is 6.61 Å². The molecule has 6 heteroatoms. The Labute approximate surface area is 221 Å². The fraction of sp³-hybridized carbons (Fsp3) is 0.929. The molecule has 0 aromatic rings. The number of carbonyl (C=O) groups excluding carboxylic acids is 2. The molecule has 0 aliphatic heterocycles. The van der Waals surface area contributed by atoms with Gasteiger partial charge in [-0.2, -0.15) is 0 Å². The van der Waals surface area contributed by atoms with Crippen LogP contribution in [0.15, 0.2) is 0 Å². The maximum absolute atomic E-state index is 11.6. The van der Waals surface area contributed by atoms with Crippen molar-refractivity contribution in [3.8, 4) is 0 Å². The summed E-state index contributed by atoms with van der Waals surface area (Å²) in [6, 6.07) is 0. The van der Waals surface area contributed by atoms with Gasteiger partial charge in [-0.1, -0.05) is 72.6 Å². The van der Waals surface area contributed by atoms with Crippen LogP contribution < -0.4 is 10.2 Å². The van der Waals surface area contributed by atoms with Crippen LogP contribution in [0.1, 0.15) is 131 Å². The molecule has 0 N–H and O–H groups in total. The molecule has 200 valence electrons. The number of aliphatic carboxylic acids is 2. The fourth-order valence-corrected chi connectivity index (χ4v) is 7.80. The van der Waals surface area contributed by atoms with E-state index in [1.807, 2.05) is 0 Å². The maximum atomic E-state index is 11.6. The Morgan fingerprint density at radius 2 is 1.26 bits per heavy atom. The molecule has 0 aromatic heterocycles. The van der Waals surface area contributed by atoms with E-state index in [-0.39, 0.29) is 34.2 Å². The van der Waals surface area contributed by atoms with Gasteiger partial charge in [0.1, 0.15) is 5.60 Å². The van der Waals surface area contributed by atoms with Crippen molar-refractivity contribution in [2.24, 2.45) is 11.8 Å². The first-order valence-electron chi connectivity index (χ1n) is 13.9. The summed E-state index contributed by atoms with van der Waals surface area (Å²) in [5, 5.41) is 22.6. The minimum absolute atomic E-state index is 0.149. The van der Waals surface area contributed by atoms with Crippen LogP contribution in [0.5, 0.6) is 0 Å². The fourth-order valence-electron chi connectivity index (χ4n) is 3.65. The van der Waals surface area contributed by atoms with Crippen molar-refractivity contribution >= 4 is 33.1 Å². The van der Waals surface area contributed by atoms with E-state index >= 15 is 0 Å². The first kappa shape index (κ1) is 35.9. The molecule has 0 amide bonds. The summed E-state index contributed by atoms with van der Waals surface area (Å²) in [4.78, 5) is 22.6. The Kier molecular flexibility index (Phi) is 25.7. The van der Waals surface area contributed by atoms with Crippen molar-refractivity contribution < 1.29 is 24.5 Å². The van der Waals surface area contributed by atoms with E-state index < -0.39 is 24.0 Å². The number of carboxylic acids is 2. The van der Waals surface area contributed by atoms with E-state index in [1.165, 1.54) is 25.7 Å². The molecule has 0 heterocycles. The molecular formula is C28H54O5Sn. The third kappa shape index (κ3) is 23.4. The predicted molar refractivity (Wildman–Crippen MR) is 140 cm³/mol. The minimum atomic E-state index is -1.76. The predicted octanol–water partition coefficient (Wildman–Crippen LogP) is 5.58. The molecule has 5 nitrogen and oxygen atoms in total. The van der Waals surface area contributed by atoms with Crippen LogP contribution in [-0.4, -0.2) is 45.3 Å². The number of rotatable bonds is 22. The van der Waals surface area contributed by atoms with Gasteiger partial charge in [0.2, 0.25) is 0 Å². The average Bonchev–Trinajstić information content (AvgIpc) is 2.75. The molecular weight excluding hydrogens is 535 g/mol. The Hall–Kier alpha value is -0.301. The summed E-state index contributed by atoms with van der Waals surface area (Å²) in [6.07, 6.45) is 12.8. The van der Waals surface area contributed by atoms with Crippen LogP contribution >= 0.6 is 0 Å². The second-order valence-corrected chi connectivity index (χ2v) is 14.7. The van der Waals surface area contributed by atoms with E-state index in [1.54, 1.807) is 8.87 Å². The second kappa shape index (κ2) is 24.4. The van der Waals surface area contributed by atoms with Crippen LogP contribution in [0.2, 0.25) is 8.87 Å². The molecule has 0 aromatic carbocycles. The summed E-state index contributed by atoms with van der Waals surface area (Å²) < 4.78 is 8.80. The van der Waals surface area contributed by atoms with Crippen LogP contribution in [0.25, 0.3) is 0 Å². The van der Waals surface area contributed by atoms with Gasteiger partial charge in [0.25, 0.3) is 0 Å². The number of hydrogen-bond donors (Lipinski definition) is 0. The standard InChI is InChI=1S/C20H38O5.2C4H9.Sn/c1-16(2)11-7-5-9-13-20(19(23)24,15-18(21)22)25-14-10-6-8-12-17(3)4;2*1-3-4-2;/h16-17H,5-15H2,1-4H3,(H,21,22)(H,23,24);2*1,3-4H2,2H3;/q;;;+2/p-2. The number of carboxylic acid groups (broad SMARTS) is 2. The molecule has 1 atom stereocenters. The number of ether oxygens (including phenoxy) is 1. The zero-order chi connectivity index (χ0) is 26.2. The van der Waals surface area contributed by atoms with Crippen LogP contribution in [0.3, 0.4) is 0 Å². The Bertz CT molecular complexity index is 475. The topological polar surface area (TPSA) is 89.5 Å². The molecule has 0 saturated heterocycles. The van der Waals surface area contributed by atoms with E-state index in [4.69, 9.17) is 4.74 Å². The van der Waals surface area contributed by atoms with E-state index in [0.29, 0.717) is 18.3 Å². The SMILES string of the molecule is CC(C)CCCCCOC(CCCCCC(C)C)(CC(=O)[O-])C(=O)[O-].CCC[CH2][Sn+2][CH2]CCC. The normalized spacial score (nSPS) is 12.7. The van der Waals surface area contributed by atoms with Gasteiger partial charge < -0.3 is 24.5 Å². The van der Waals surface area contributed by atoms with Crippen molar-refractivity contribution in [3.63, 3.8) is 0 Å². The molecule has 0 aliphatic carbocycles. The van der Waals surface area contributed by atoms with E-state index in [2.05, 4.69) is 41.5 Å². The van der Waals surface area contributed by atoms with Crippen molar-refractivity contribution in [2.45, 2.75) is 146 Å². The van der Waals surface area contributed by atoms with Crippen LogP contribution in [-0.2, 0) is 14.3 Å². The van der Waals surface area contributed by atoms with E-state index in [0.717, 1.165) is 44.9 Å².